The summed E-state index contributed by atoms with van der Waals surface area (Å²) in [6, 6.07) is 5.53. The smallest absolute Gasteiger partial charge is 0.252 e. The molecule has 158 valence electrons. The standard InChI is InChI=1S/C20H28N4O4S/c25-18(21-4-1-5-23-6-10-27-11-7-23)15-2-3-17-16(14-15)22-19(26)20(29-17)24-8-12-28-13-9-24/h2-3,14,20H,1,4-13H2,(H,21,25)(H,22,26)/t20-/m0/s1. The lowest BCUT2D eigenvalue weighted by Crippen LogP contribution is -2.48. The van der Waals surface area contributed by atoms with Crippen LogP contribution >= 0.6 is 11.8 Å². The van der Waals surface area contributed by atoms with Gasteiger partial charge in [-0.3, -0.25) is 19.4 Å². The molecule has 0 saturated carbocycles. The van der Waals surface area contributed by atoms with Gasteiger partial charge in [-0.25, -0.2) is 0 Å². The first-order valence-electron chi connectivity index (χ1n) is 10.2. The van der Waals surface area contributed by atoms with E-state index in [-0.39, 0.29) is 17.2 Å². The predicted octanol–water partition coefficient (Wildman–Crippen LogP) is 0.841. The first-order chi connectivity index (χ1) is 14.2. The summed E-state index contributed by atoms with van der Waals surface area (Å²) in [6.07, 6.45) is 0.907. The SMILES string of the molecule is O=C(NCCCN1CCOCC1)c1ccc2c(c1)NC(=O)[C@@H](N1CCOCC1)S2. The molecule has 8 nitrogen and oxygen atoms in total. The van der Waals surface area contributed by atoms with Crippen LogP contribution in [0.2, 0.25) is 0 Å². The molecule has 1 atom stereocenters. The maximum Gasteiger partial charge on any atom is 0.252 e. The minimum atomic E-state index is -0.244. The van der Waals surface area contributed by atoms with E-state index in [2.05, 4.69) is 20.4 Å². The summed E-state index contributed by atoms with van der Waals surface area (Å²) in [5, 5.41) is 5.71. The zero-order chi connectivity index (χ0) is 20.1. The van der Waals surface area contributed by atoms with E-state index in [9.17, 15) is 9.59 Å². The molecule has 0 spiro atoms. The normalized spacial score (nSPS) is 23.3. The van der Waals surface area contributed by atoms with Gasteiger partial charge in [-0.1, -0.05) is 11.8 Å². The van der Waals surface area contributed by atoms with Gasteiger partial charge in [0.25, 0.3) is 11.8 Å². The van der Waals surface area contributed by atoms with Crippen molar-refractivity contribution in [2.45, 2.75) is 16.7 Å². The second-order valence-corrected chi connectivity index (χ2v) is 8.50. The average molecular weight is 421 g/mol. The van der Waals surface area contributed by atoms with Crippen molar-refractivity contribution < 1.29 is 19.1 Å². The Morgan fingerprint density at radius 1 is 1.14 bits per heavy atom. The van der Waals surface area contributed by atoms with Gasteiger partial charge in [0.15, 0.2) is 0 Å². The number of amides is 2. The molecule has 3 aliphatic heterocycles. The Hall–Kier alpha value is -1.65. The molecule has 0 radical (unpaired) electrons. The highest BCUT2D eigenvalue weighted by molar-refractivity contribution is 8.00. The van der Waals surface area contributed by atoms with Crippen LogP contribution in [0, 0.1) is 0 Å². The van der Waals surface area contributed by atoms with E-state index < -0.39 is 0 Å². The van der Waals surface area contributed by atoms with Crippen molar-refractivity contribution in [1.82, 2.24) is 15.1 Å². The minimum absolute atomic E-state index is 0.0348. The van der Waals surface area contributed by atoms with Crippen LogP contribution in [0.1, 0.15) is 16.8 Å². The number of hydrogen-bond donors (Lipinski definition) is 2. The third-order valence-corrected chi connectivity index (χ3v) is 6.73. The highest BCUT2D eigenvalue weighted by Crippen LogP contribution is 2.37. The van der Waals surface area contributed by atoms with Gasteiger partial charge in [0.2, 0.25) is 0 Å². The van der Waals surface area contributed by atoms with Crippen molar-refractivity contribution in [3.05, 3.63) is 23.8 Å². The number of hydrogen-bond acceptors (Lipinski definition) is 7. The quantitative estimate of drug-likeness (QED) is 0.660. The molecule has 1 aromatic carbocycles. The fourth-order valence-corrected chi connectivity index (χ4v) is 4.87. The van der Waals surface area contributed by atoms with Crippen LogP contribution in [0.4, 0.5) is 5.69 Å². The Kier molecular flexibility index (Phi) is 7.04. The number of morpholine rings is 2. The number of nitrogens with one attached hydrogen (secondary N) is 2. The zero-order valence-electron chi connectivity index (χ0n) is 16.5. The number of nitrogens with zero attached hydrogens (tertiary/aromatic N) is 2. The van der Waals surface area contributed by atoms with Crippen LogP contribution in [0.3, 0.4) is 0 Å². The molecular weight excluding hydrogens is 392 g/mol. The van der Waals surface area contributed by atoms with E-state index >= 15 is 0 Å². The summed E-state index contributed by atoms with van der Waals surface area (Å²) < 4.78 is 10.7. The van der Waals surface area contributed by atoms with Crippen LogP contribution in [0.25, 0.3) is 0 Å². The molecule has 29 heavy (non-hydrogen) atoms. The summed E-state index contributed by atoms with van der Waals surface area (Å²) in [7, 11) is 0. The van der Waals surface area contributed by atoms with Crippen molar-refractivity contribution in [2.24, 2.45) is 0 Å². The first kappa shape index (κ1) is 20.6. The van der Waals surface area contributed by atoms with E-state index in [4.69, 9.17) is 9.47 Å². The monoisotopic (exact) mass is 420 g/mol. The topological polar surface area (TPSA) is 83.1 Å². The Bertz CT molecular complexity index is 735. The van der Waals surface area contributed by atoms with E-state index in [1.54, 1.807) is 17.8 Å². The molecule has 0 aliphatic carbocycles. The number of ether oxygens (including phenoxy) is 2. The molecule has 2 amide bonds. The van der Waals surface area contributed by atoms with E-state index in [1.807, 2.05) is 12.1 Å². The Balaban J connectivity index is 1.29. The number of rotatable bonds is 6. The fourth-order valence-electron chi connectivity index (χ4n) is 3.72. The maximum absolute atomic E-state index is 12.6. The lowest BCUT2D eigenvalue weighted by Gasteiger charge is -2.35. The second kappa shape index (κ2) is 9.90. The highest BCUT2D eigenvalue weighted by Gasteiger charge is 2.33. The number of thioether (sulfide) groups is 1. The van der Waals surface area contributed by atoms with Crippen LogP contribution < -0.4 is 10.6 Å². The third kappa shape index (κ3) is 5.29. The molecule has 2 fully saturated rings. The molecule has 2 saturated heterocycles. The minimum Gasteiger partial charge on any atom is -0.379 e. The molecule has 3 aliphatic rings. The Morgan fingerprint density at radius 3 is 2.62 bits per heavy atom. The number of carbonyl (C=O) groups excluding carboxylic acids is 2. The van der Waals surface area contributed by atoms with Crippen LogP contribution in [0.5, 0.6) is 0 Å². The fraction of sp³-hybridized carbons (Fsp3) is 0.600. The highest BCUT2D eigenvalue weighted by atomic mass is 32.2. The molecular formula is C20H28N4O4S. The van der Waals surface area contributed by atoms with Crippen molar-refractivity contribution >= 4 is 29.3 Å². The molecule has 9 heteroatoms. The van der Waals surface area contributed by atoms with Gasteiger partial charge < -0.3 is 20.1 Å². The summed E-state index contributed by atoms with van der Waals surface area (Å²) >= 11 is 1.54. The van der Waals surface area contributed by atoms with Crippen LogP contribution in [-0.4, -0.2) is 92.7 Å². The molecule has 4 rings (SSSR count). The van der Waals surface area contributed by atoms with E-state index in [0.29, 0.717) is 31.0 Å². The molecule has 1 aromatic rings. The van der Waals surface area contributed by atoms with Crippen LogP contribution in [-0.2, 0) is 14.3 Å². The zero-order valence-corrected chi connectivity index (χ0v) is 17.3. The Morgan fingerprint density at radius 2 is 1.86 bits per heavy atom. The third-order valence-electron chi connectivity index (χ3n) is 5.38. The maximum atomic E-state index is 12.6. The van der Waals surface area contributed by atoms with Gasteiger partial charge in [-0.15, -0.1) is 0 Å². The average Bonchev–Trinajstić information content (AvgIpc) is 2.77. The Labute approximate surface area is 175 Å². The lowest BCUT2D eigenvalue weighted by molar-refractivity contribution is -0.119. The van der Waals surface area contributed by atoms with Gasteiger partial charge in [0.1, 0.15) is 5.37 Å². The molecule has 0 unspecified atom stereocenters. The summed E-state index contributed by atoms with van der Waals surface area (Å²) in [5.41, 5.74) is 1.28. The summed E-state index contributed by atoms with van der Waals surface area (Å²) in [5.74, 6) is -0.142. The molecule has 0 aromatic heterocycles. The van der Waals surface area contributed by atoms with Gasteiger partial charge >= 0.3 is 0 Å². The van der Waals surface area contributed by atoms with E-state index in [1.165, 1.54) is 0 Å². The largest absolute Gasteiger partial charge is 0.379 e. The summed E-state index contributed by atoms with van der Waals surface area (Å²) in [6.45, 7) is 7.91. The second-order valence-electron chi connectivity index (χ2n) is 7.38. The number of fused-ring (bicyclic) bond motifs is 1. The molecule has 2 N–H and O–H groups in total. The van der Waals surface area contributed by atoms with E-state index in [0.717, 1.165) is 57.3 Å². The number of carbonyl (C=O) groups is 2. The van der Waals surface area contributed by atoms with Crippen molar-refractivity contribution in [2.75, 3.05) is 71.0 Å². The lowest BCUT2D eigenvalue weighted by atomic mass is 10.1. The van der Waals surface area contributed by atoms with Crippen molar-refractivity contribution in [3.8, 4) is 0 Å². The molecule has 3 heterocycles. The van der Waals surface area contributed by atoms with Gasteiger partial charge in [0, 0.05) is 43.2 Å². The van der Waals surface area contributed by atoms with Crippen molar-refractivity contribution in [1.29, 1.82) is 0 Å². The number of anilines is 1. The van der Waals surface area contributed by atoms with Crippen LogP contribution in [0.15, 0.2) is 23.1 Å². The first-order valence-corrected chi connectivity index (χ1v) is 11.1. The van der Waals surface area contributed by atoms with Gasteiger partial charge in [0.05, 0.1) is 32.1 Å². The van der Waals surface area contributed by atoms with Gasteiger partial charge in [-0.05, 0) is 31.2 Å². The van der Waals surface area contributed by atoms with Crippen molar-refractivity contribution in [3.63, 3.8) is 0 Å². The number of benzene rings is 1. The molecule has 0 bridgehead atoms. The predicted molar refractivity (Wildman–Crippen MR) is 111 cm³/mol. The van der Waals surface area contributed by atoms with Gasteiger partial charge in [-0.2, -0.15) is 0 Å². The summed E-state index contributed by atoms with van der Waals surface area (Å²) in [4.78, 5) is 30.5.